The first-order valence-corrected chi connectivity index (χ1v) is 11.7. The first kappa shape index (κ1) is 23.0. The molecule has 6 aromatic rings. The Kier molecular flexibility index (Phi) is 5.77. The fourth-order valence-corrected chi connectivity index (χ4v) is 4.05. The number of pyridine rings is 1. The Morgan fingerprint density at radius 2 is 1.82 bits per heavy atom. The van der Waals surface area contributed by atoms with Crippen LogP contribution in [0.4, 0.5) is 17.3 Å². The van der Waals surface area contributed by atoms with E-state index in [0.717, 1.165) is 33.3 Å². The number of rotatable bonds is 6. The molecule has 6 rings (SSSR count). The zero-order chi connectivity index (χ0) is 26.1. The van der Waals surface area contributed by atoms with Crippen LogP contribution in [0.15, 0.2) is 79.8 Å². The zero-order valence-corrected chi connectivity index (χ0v) is 20.5. The van der Waals surface area contributed by atoms with Gasteiger partial charge in [-0.15, -0.1) is 10.2 Å². The molecule has 0 aliphatic rings. The average molecular weight is 504 g/mol. The van der Waals surface area contributed by atoms with Gasteiger partial charge in [0, 0.05) is 30.3 Å². The fourth-order valence-electron chi connectivity index (χ4n) is 4.05. The van der Waals surface area contributed by atoms with Crippen molar-refractivity contribution >= 4 is 39.8 Å². The third-order valence-electron chi connectivity index (χ3n) is 5.85. The van der Waals surface area contributed by atoms with Crippen molar-refractivity contribution < 1.29 is 9.53 Å². The van der Waals surface area contributed by atoms with Crippen LogP contribution in [-0.4, -0.2) is 40.4 Å². The van der Waals surface area contributed by atoms with Gasteiger partial charge in [-0.1, -0.05) is 6.07 Å². The highest BCUT2D eigenvalue weighted by Crippen LogP contribution is 2.31. The topological polar surface area (TPSA) is 132 Å². The van der Waals surface area contributed by atoms with Crippen LogP contribution >= 0.6 is 0 Å². The summed E-state index contributed by atoms with van der Waals surface area (Å²) in [5, 5.41) is 14.9. The van der Waals surface area contributed by atoms with Crippen LogP contribution in [0.5, 0.6) is 11.6 Å². The predicted octanol–water partition coefficient (Wildman–Crippen LogP) is 4.93. The maximum Gasteiger partial charge on any atom is 0.224 e. The van der Waals surface area contributed by atoms with Gasteiger partial charge in [0.1, 0.15) is 36.4 Å². The second kappa shape index (κ2) is 9.54. The molecule has 38 heavy (non-hydrogen) atoms. The van der Waals surface area contributed by atoms with E-state index in [9.17, 15) is 4.79 Å². The van der Waals surface area contributed by atoms with E-state index in [0.29, 0.717) is 28.9 Å². The Hall–Kier alpha value is -5.45. The summed E-state index contributed by atoms with van der Waals surface area (Å²) >= 11 is 0. The summed E-state index contributed by atoms with van der Waals surface area (Å²) in [6.07, 6.45) is 6.38. The number of nitrogens with zero attached hydrogens (tertiary/aromatic N) is 7. The Morgan fingerprint density at radius 1 is 0.921 bits per heavy atom. The normalized spacial score (nSPS) is 11.0. The summed E-state index contributed by atoms with van der Waals surface area (Å²) in [7, 11) is 0. The van der Waals surface area contributed by atoms with Crippen LogP contribution in [0.2, 0.25) is 0 Å². The van der Waals surface area contributed by atoms with Gasteiger partial charge in [-0.05, 0) is 66.1 Å². The van der Waals surface area contributed by atoms with Crippen LogP contribution in [0.3, 0.4) is 0 Å². The van der Waals surface area contributed by atoms with Crippen molar-refractivity contribution in [3.63, 3.8) is 0 Å². The lowest BCUT2D eigenvalue weighted by molar-refractivity contribution is -0.114. The van der Waals surface area contributed by atoms with E-state index in [4.69, 9.17) is 4.74 Å². The van der Waals surface area contributed by atoms with E-state index in [1.54, 1.807) is 29.3 Å². The molecule has 0 unspecified atom stereocenters. The molecule has 0 aliphatic heterocycles. The third-order valence-corrected chi connectivity index (χ3v) is 5.85. The van der Waals surface area contributed by atoms with Gasteiger partial charge in [-0.3, -0.25) is 9.20 Å². The van der Waals surface area contributed by atoms with Crippen LogP contribution in [0, 0.1) is 6.92 Å². The van der Waals surface area contributed by atoms with E-state index in [1.807, 2.05) is 55.5 Å². The lowest BCUT2D eigenvalue weighted by atomic mass is 10.0. The maximum absolute atomic E-state index is 11.4. The Bertz CT molecular complexity index is 1820. The molecule has 11 nitrogen and oxygen atoms in total. The molecule has 11 heteroatoms. The molecule has 0 spiro atoms. The predicted molar refractivity (Wildman–Crippen MR) is 142 cm³/mol. The number of anilines is 3. The fraction of sp³-hybridized carbons (Fsp3) is 0.0741. The minimum Gasteiger partial charge on any atom is -0.439 e. The number of ether oxygens (including phenoxy) is 1. The van der Waals surface area contributed by atoms with Gasteiger partial charge in [0.05, 0.1) is 5.52 Å². The maximum atomic E-state index is 11.4. The van der Waals surface area contributed by atoms with Crippen molar-refractivity contribution in [2.75, 3.05) is 10.6 Å². The molecule has 0 bridgehead atoms. The van der Waals surface area contributed by atoms with Gasteiger partial charge in [-0.2, -0.15) is 0 Å². The summed E-state index contributed by atoms with van der Waals surface area (Å²) in [6, 6.07) is 17.2. The summed E-state index contributed by atoms with van der Waals surface area (Å²) in [6.45, 7) is 3.41. The molecule has 186 valence electrons. The number of carbonyl (C=O) groups is 1. The Balaban J connectivity index is 1.27. The second-order valence-corrected chi connectivity index (χ2v) is 8.60. The van der Waals surface area contributed by atoms with Crippen LogP contribution in [0.1, 0.15) is 12.5 Å². The monoisotopic (exact) mass is 503 g/mol. The van der Waals surface area contributed by atoms with Crippen molar-refractivity contribution in [3.8, 4) is 22.8 Å². The van der Waals surface area contributed by atoms with Crippen molar-refractivity contribution in [1.29, 1.82) is 0 Å². The first-order valence-electron chi connectivity index (χ1n) is 11.7. The second-order valence-electron chi connectivity index (χ2n) is 8.60. The minimum absolute atomic E-state index is 0.174. The number of fused-ring (bicyclic) bond motifs is 2. The number of carbonyl (C=O) groups excluding carboxylic acids is 1. The standard InChI is InChI=1S/C27H21N9O2/c1-16-9-20(4-6-23(16)38-26-12-25-35-32-15-36(25)14-31-26)34-27-21-10-18(3-5-22(21)29-13-30-27)19-7-8-28-24(11-19)33-17(2)37/h3-15H,1-2H3,(H,28,33,37)(H,29,30,34). The van der Waals surface area contributed by atoms with Crippen molar-refractivity contribution in [1.82, 2.24) is 34.5 Å². The minimum atomic E-state index is -0.174. The first-order chi connectivity index (χ1) is 18.5. The van der Waals surface area contributed by atoms with E-state index >= 15 is 0 Å². The average Bonchev–Trinajstić information content (AvgIpc) is 3.38. The summed E-state index contributed by atoms with van der Waals surface area (Å²) in [4.78, 5) is 28.8. The number of aromatic nitrogens is 7. The molecule has 0 fully saturated rings. The van der Waals surface area contributed by atoms with Gasteiger partial charge in [0.2, 0.25) is 11.8 Å². The van der Waals surface area contributed by atoms with E-state index in [2.05, 4.69) is 40.8 Å². The van der Waals surface area contributed by atoms with Gasteiger partial charge in [0.15, 0.2) is 5.65 Å². The highest BCUT2D eigenvalue weighted by molar-refractivity contribution is 5.94. The lowest BCUT2D eigenvalue weighted by Crippen LogP contribution is -2.07. The molecular weight excluding hydrogens is 482 g/mol. The number of aryl methyl sites for hydroxylation is 1. The molecule has 0 aliphatic carbocycles. The quantitative estimate of drug-likeness (QED) is 0.324. The van der Waals surface area contributed by atoms with Crippen LogP contribution in [-0.2, 0) is 4.79 Å². The number of amides is 1. The van der Waals surface area contributed by atoms with E-state index in [-0.39, 0.29) is 5.91 Å². The lowest BCUT2D eigenvalue weighted by Gasteiger charge is -2.13. The third kappa shape index (κ3) is 4.67. The zero-order valence-electron chi connectivity index (χ0n) is 20.5. The SMILES string of the molecule is CC(=O)Nc1cc(-c2ccc3ncnc(Nc4ccc(Oc5cc6nncn6cn5)c(C)c4)c3c2)ccn1. The Morgan fingerprint density at radius 3 is 2.68 bits per heavy atom. The van der Waals surface area contributed by atoms with E-state index < -0.39 is 0 Å². The summed E-state index contributed by atoms with van der Waals surface area (Å²) < 4.78 is 7.69. The summed E-state index contributed by atoms with van der Waals surface area (Å²) in [5.41, 5.74) is 5.07. The smallest absolute Gasteiger partial charge is 0.224 e. The molecule has 0 radical (unpaired) electrons. The number of hydrogen-bond acceptors (Lipinski definition) is 9. The molecule has 2 N–H and O–H groups in total. The number of nitrogens with one attached hydrogen (secondary N) is 2. The van der Waals surface area contributed by atoms with Gasteiger partial charge in [0.25, 0.3) is 0 Å². The van der Waals surface area contributed by atoms with Crippen LogP contribution < -0.4 is 15.4 Å². The molecule has 0 saturated carbocycles. The summed E-state index contributed by atoms with van der Waals surface area (Å²) in [5.74, 6) is 2.09. The van der Waals surface area contributed by atoms with Crippen molar-refractivity contribution in [2.45, 2.75) is 13.8 Å². The van der Waals surface area contributed by atoms with E-state index in [1.165, 1.54) is 13.3 Å². The van der Waals surface area contributed by atoms with Crippen LogP contribution in [0.25, 0.3) is 27.7 Å². The molecule has 0 atom stereocenters. The van der Waals surface area contributed by atoms with Gasteiger partial charge < -0.3 is 15.4 Å². The molecular formula is C27H21N9O2. The molecule has 0 saturated heterocycles. The molecule has 1 amide bonds. The van der Waals surface area contributed by atoms with Crippen molar-refractivity contribution in [3.05, 3.63) is 85.3 Å². The molecule has 4 aromatic heterocycles. The molecule has 4 heterocycles. The van der Waals surface area contributed by atoms with Gasteiger partial charge >= 0.3 is 0 Å². The number of hydrogen-bond donors (Lipinski definition) is 2. The number of benzene rings is 2. The van der Waals surface area contributed by atoms with Gasteiger partial charge in [-0.25, -0.2) is 19.9 Å². The Labute approximate surface area is 216 Å². The highest BCUT2D eigenvalue weighted by atomic mass is 16.5. The largest absolute Gasteiger partial charge is 0.439 e. The molecule has 2 aromatic carbocycles. The van der Waals surface area contributed by atoms with Crippen molar-refractivity contribution in [2.24, 2.45) is 0 Å². The highest BCUT2D eigenvalue weighted by Gasteiger charge is 2.10.